The number of amides is 1. The van der Waals surface area contributed by atoms with Crippen molar-refractivity contribution in [2.45, 2.75) is 26.3 Å². The van der Waals surface area contributed by atoms with Crippen molar-refractivity contribution >= 4 is 51.7 Å². The lowest BCUT2D eigenvalue weighted by atomic mass is 9.99. The van der Waals surface area contributed by atoms with E-state index in [1.54, 1.807) is 28.7 Å². The Morgan fingerprint density at radius 3 is 2.77 bits per heavy atom. The number of aryl methyl sites for hydroxylation is 1. The summed E-state index contributed by atoms with van der Waals surface area (Å²) in [7, 11) is 1.63. The number of fused-ring (bicyclic) bond motifs is 2. The van der Waals surface area contributed by atoms with Gasteiger partial charge in [-0.15, -0.1) is 0 Å². The van der Waals surface area contributed by atoms with E-state index in [4.69, 9.17) is 21.9 Å². The van der Waals surface area contributed by atoms with E-state index in [0.717, 1.165) is 18.5 Å². The summed E-state index contributed by atoms with van der Waals surface area (Å²) in [6.45, 7) is 4.38. The molecule has 1 amide bonds. The number of rotatable bonds is 6. The van der Waals surface area contributed by atoms with Crippen molar-refractivity contribution in [1.82, 2.24) is 14.3 Å². The predicted octanol–water partition coefficient (Wildman–Crippen LogP) is 3.80. The molecular weight excluding hydrogens is 480 g/mol. The fourth-order valence-electron chi connectivity index (χ4n) is 4.54. The van der Waals surface area contributed by atoms with Gasteiger partial charge in [-0.05, 0) is 48.6 Å². The first-order chi connectivity index (χ1) is 17.0. The van der Waals surface area contributed by atoms with Gasteiger partial charge in [-0.2, -0.15) is 0 Å². The molecule has 7 nitrogen and oxygen atoms in total. The lowest BCUT2D eigenvalue weighted by Crippen LogP contribution is -2.34. The van der Waals surface area contributed by atoms with Gasteiger partial charge < -0.3 is 9.64 Å². The van der Waals surface area contributed by atoms with Crippen molar-refractivity contribution in [2.75, 3.05) is 31.7 Å². The Hall–Kier alpha value is -3.01. The zero-order chi connectivity index (χ0) is 24.5. The van der Waals surface area contributed by atoms with Gasteiger partial charge in [0.05, 0.1) is 10.5 Å². The summed E-state index contributed by atoms with van der Waals surface area (Å²) in [5.41, 5.74) is 4.29. The van der Waals surface area contributed by atoms with Crippen LogP contribution in [-0.4, -0.2) is 51.3 Å². The highest BCUT2D eigenvalue weighted by Gasteiger charge is 2.33. The summed E-state index contributed by atoms with van der Waals surface area (Å²) in [4.78, 5) is 36.0. The molecule has 2 aliphatic heterocycles. The summed E-state index contributed by atoms with van der Waals surface area (Å²) >= 11 is 6.70. The molecule has 1 aromatic carbocycles. The number of pyridine rings is 1. The van der Waals surface area contributed by atoms with Crippen LogP contribution in [-0.2, 0) is 22.5 Å². The SMILES string of the molecule is COCCCN1C(=O)C(=Cc2c(N3CCc4ccccc4C3)nc3c(C)cccn3c2=O)SC1=S. The van der Waals surface area contributed by atoms with Crippen LogP contribution in [0.25, 0.3) is 11.7 Å². The molecule has 0 radical (unpaired) electrons. The van der Waals surface area contributed by atoms with Gasteiger partial charge in [-0.3, -0.25) is 18.9 Å². The summed E-state index contributed by atoms with van der Waals surface area (Å²) in [6, 6.07) is 12.1. The van der Waals surface area contributed by atoms with E-state index in [1.165, 1.54) is 22.9 Å². The Bertz CT molecular complexity index is 1420. The molecule has 0 unspecified atom stereocenters. The largest absolute Gasteiger partial charge is 0.385 e. The van der Waals surface area contributed by atoms with Crippen LogP contribution < -0.4 is 10.5 Å². The van der Waals surface area contributed by atoms with Crippen molar-refractivity contribution in [3.05, 3.63) is 80.1 Å². The van der Waals surface area contributed by atoms with E-state index in [1.807, 2.05) is 25.1 Å². The van der Waals surface area contributed by atoms with E-state index >= 15 is 0 Å². The topological polar surface area (TPSA) is 67.2 Å². The lowest BCUT2D eigenvalue weighted by Gasteiger charge is -2.31. The first-order valence-electron chi connectivity index (χ1n) is 11.6. The molecule has 2 aromatic heterocycles. The molecule has 1 saturated heterocycles. The Kier molecular flexibility index (Phi) is 6.73. The van der Waals surface area contributed by atoms with Crippen LogP contribution in [0.3, 0.4) is 0 Å². The van der Waals surface area contributed by atoms with Crippen molar-refractivity contribution in [3.8, 4) is 0 Å². The highest BCUT2D eigenvalue weighted by Crippen LogP contribution is 2.34. The number of carbonyl (C=O) groups excluding carboxylic acids is 1. The maximum Gasteiger partial charge on any atom is 0.267 e. The van der Waals surface area contributed by atoms with E-state index in [-0.39, 0.29) is 11.5 Å². The van der Waals surface area contributed by atoms with E-state index in [9.17, 15) is 9.59 Å². The zero-order valence-corrected chi connectivity index (χ0v) is 21.3. The van der Waals surface area contributed by atoms with Crippen LogP contribution in [0.15, 0.2) is 52.3 Å². The van der Waals surface area contributed by atoms with Crippen molar-refractivity contribution in [3.63, 3.8) is 0 Å². The Morgan fingerprint density at radius 1 is 1.17 bits per heavy atom. The minimum atomic E-state index is -0.197. The lowest BCUT2D eigenvalue weighted by molar-refractivity contribution is -0.122. The molecule has 0 N–H and O–H groups in total. The standard InChI is InChI=1S/C26H26N4O3S2/c1-17-7-5-11-29-22(17)27-23(28-13-10-18-8-3-4-9-19(18)16-28)20(24(29)31)15-21-25(32)30(26(34)35-21)12-6-14-33-2/h3-5,7-9,11,15H,6,10,12-14,16H2,1-2H3. The Labute approximate surface area is 213 Å². The number of carbonyl (C=O) groups is 1. The summed E-state index contributed by atoms with van der Waals surface area (Å²) in [5.74, 6) is 0.420. The third-order valence-corrected chi connectivity index (χ3v) is 7.75. The van der Waals surface area contributed by atoms with Gasteiger partial charge in [-0.25, -0.2) is 4.98 Å². The molecule has 0 atom stereocenters. The van der Waals surface area contributed by atoms with Crippen molar-refractivity contribution in [1.29, 1.82) is 0 Å². The molecule has 180 valence electrons. The second-order valence-corrected chi connectivity index (χ2v) is 10.3. The quantitative estimate of drug-likeness (QED) is 0.286. The molecular formula is C26H26N4O3S2. The van der Waals surface area contributed by atoms with E-state index in [0.29, 0.717) is 52.4 Å². The average Bonchev–Trinajstić information content (AvgIpc) is 3.13. The van der Waals surface area contributed by atoms with Gasteiger partial charge >= 0.3 is 0 Å². The Balaban J connectivity index is 1.60. The normalized spacial score (nSPS) is 17.0. The van der Waals surface area contributed by atoms with E-state index < -0.39 is 0 Å². The molecule has 9 heteroatoms. The maximum absolute atomic E-state index is 13.7. The molecule has 0 bridgehead atoms. The second-order valence-electron chi connectivity index (χ2n) is 8.66. The fraction of sp³-hybridized carbons (Fsp3) is 0.308. The molecule has 0 saturated carbocycles. The molecule has 4 heterocycles. The molecule has 0 aliphatic carbocycles. The van der Waals surface area contributed by atoms with E-state index in [2.05, 4.69) is 23.1 Å². The highest BCUT2D eigenvalue weighted by molar-refractivity contribution is 8.26. The second kappa shape index (κ2) is 9.93. The first kappa shape index (κ1) is 23.7. The molecule has 3 aromatic rings. The number of thiocarbonyl (C=S) groups is 1. The third-order valence-electron chi connectivity index (χ3n) is 6.37. The predicted molar refractivity (Wildman–Crippen MR) is 144 cm³/mol. The number of anilines is 1. The van der Waals surface area contributed by atoms with Crippen molar-refractivity contribution in [2.24, 2.45) is 0 Å². The number of hydrogen-bond acceptors (Lipinski definition) is 7. The van der Waals surface area contributed by atoms with Crippen LogP contribution in [0.1, 0.15) is 28.7 Å². The number of thioether (sulfide) groups is 1. The molecule has 0 spiro atoms. The van der Waals surface area contributed by atoms with Crippen LogP contribution in [0, 0.1) is 6.92 Å². The van der Waals surface area contributed by atoms with Gasteiger partial charge in [0.15, 0.2) is 0 Å². The molecule has 2 aliphatic rings. The van der Waals surface area contributed by atoms with Gasteiger partial charge in [-0.1, -0.05) is 54.3 Å². The monoisotopic (exact) mass is 506 g/mol. The van der Waals surface area contributed by atoms with Crippen LogP contribution in [0.5, 0.6) is 0 Å². The number of nitrogens with zero attached hydrogens (tertiary/aromatic N) is 4. The Morgan fingerprint density at radius 2 is 1.97 bits per heavy atom. The summed E-state index contributed by atoms with van der Waals surface area (Å²) < 4.78 is 7.16. The third kappa shape index (κ3) is 4.51. The highest BCUT2D eigenvalue weighted by atomic mass is 32.2. The maximum atomic E-state index is 13.7. The molecule has 1 fully saturated rings. The van der Waals surface area contributed by atoms with Crippen molar-refractivity contribution < 1.29 is 9.53 Å². The average molecular weight is 507 g/mol. The minimum absolute atomic E-state index is 0.181. The summed E-state index contributed by atoms with van der Waals surface area (Å²) in [6.07, 6.45) is 4.95. The number of ether oxygens (including phenoxy) is 1. The summed E-state index contributed by atoms with van der Waals surface area (Å²) in [5, 5.41) is 0. The number of methoxy groups -OCH3 is 1. The molecule has 35 heavy (non-hydrogen) atoms. The minimum Gasteiger partial charge on any atom is -0.385 e. The number of aromatic nitrogens is 2. The van der Waals surface area contributed by atoms with Gasteiger partial charge in [0, 0.05) is 39.5 Å². The van der Waals surface area contributed by atoms with Gasteiger partial charge in [0.25, 0.3) is 11.5 Å². The molecule has 5 rings (SSSR count). The van der Waals surface area contributed by atoms with Crippen LogP contribution in [0.2, 0.25) is 0 Å². The van der Waals surface area contributed by atoms with Gasteiger partial charge in [0.2, 0.25) is 0 Å². The fourth-order valence-corrected chi connectivity index (χ4v) is 5.83. The smallest absolute Gasteiger partial charge is 0.267 e. The van der Waals surface area contributed by atoms with Gasteiger partial charge in [0.1, 0.15) is 15.8 Å². The first-order valence-corrected chi connectivity index (χ1v) is 12.8. The van der Waals surface area contributed by atoms with Crippen LogP contribution >= 0.6 is 24.0 Å². The van der Waals surface area contributed by atoms with Crippen LogP contribution in [0.4, 0.5) is 5.82 Å². The zero-order valence-electron chi connectivity index (χ0n) is 19.7. The number of benzene rings is 1. The number of hydrogen-bond donors (Lipinski definition) is 0.